The number of nitrogens with one attached hydrogen (secondary N) is 1. The van der Waals surface area contributed by atoms with Crippen molar-refractivity contribution in [3.8, 4) is 6.07 Å². The number of carbonyl (C=O) groups excluding carboxylic acids is 1. The highest BCUT2D eigenvalue weighted by atomic mass is 79.9. The van der Waals surface area contributed by atoms with Gasteiger partial charge in [0.2, 0.25) is 5.91 Å². The molecule has 1 amide bonds. The molecule has 1 aromatic rings. The van der Waals surface area contributed by atoms with E-state index in [1.165, 1.54) is 0 Å². The fraction of sp³-hybridized carbons (Fsp3) is 0.385. The van der Waals surface area contributed by atoms with Crippen molar-refractivity contribution in [1.82, 2.24) is 4.90 Å². The molecule has 0 bridgehead atoms. The molecule has 1 saturated heterocycles. The topological polar surface area (TPSA) is 56.1 Å². The summed E-state index contributed by atoms with van der Waals surface area (Å²) in [5.41, 5.74) is 1.59. The van der Waals surface area contributed by atoms with Crippen LogP contribution in [-0.4, -0.2) is 30.4 Å². The molecule has 2 rings (SSSR count). The smallest absolute Gasteiger partial charge is 0.222 e. The third kappa shape index (κ3) is 2.82. The van der Waals surface area contributed by atoms with Gasteiger partial charge >= 0.3 is 0 Å². The van der Waals surface area contributed by atoms with Crippen LogP contribution in [0.3, 0.4) is 0 Å². The van der Waals surface area contributed by atoms with Crippen molar-refractivity contribution in [2.45, 2.75) is 18.9 Å². The Morgan fingerprint density at radius 1 is 1.56 bits per heavy atom. The third-order valence-electron chi connectivity index (χ3n) is 3.09. The summed E-state index contributed by atoms with van der Waals surface area (Å²) in [6, 6.07) is 7.95. The number of nitrogens with zero attached hydrogens (tertiary/aromatic N) is 2. The molecule has 5 heteroatoms. The van der Waals surface area contributed by atoms with Crippen molar-refractivity contribution in [3.05, 3.63) is 28.2 Å². The van der Waals surface area contributed by atoms with Gasteiger partial charge < -0.3 is 10.2 Å². The number of amides is 1. The number of carbonyl (C=O) groups is 1. The number of hydrogen-bond acceptors (Lipinski definition) is 3. The molecule has 1 fully saturated rings. The largest absolute Gasteiger partial charge is 0.380 e. The van der Waals surface area contributed by atoms with Gasteiger partial charge in [-0.25, -0.2) is 0 Å². The average Bonchev–Trinajstić information content (AvgIpc) is 2.34. The van der Waals surface area contributed by atoms with Gasteiger partial charge in [0, 0.05) is 36.2 Å². The first kappa shape index (κ1) is 12.9. The van der Waals surface area contributed by atoms with Gasteiger partial charge in [-0.15, -0.1) is 0 Å². The second kappa shape index (κ2) is 5.40. The molecule has 1 unspecified atom stereocenters. The number of hydrogen-bond donors (Lipinski definition) is 1. The standard InChI is InChI=1S/C13H14BrN3O/c1-17-8-11(4-5-13(17)18)16-10-3-2-9(7-15)12(14)6-10/h2-3,6,11,16H,4-5,8H2,1H3. The van der Waals surface area contributed by atoms with E-state index in [1.54, 1.807) is 11.0 Å². The minimum atomic E-state index is 0.203. The van der Waals surface area contributed by atoms with E-state index in [9.17, 15) is 4.79 Å². The molecule has 1 aliphatic rings. The van der Waals surface area contributed by atoms with Crippen molar-refractivity contribution < 1.29 is 4.79 Å². The number of likely N-dealkylation sites (tertiary alicyclic amines) is 1. The molecule has 18 heavy (non-hydrogen) atoms. The normalized spacial score (nSPS) is 19.5. The van der Waals surface area contributed by atoms with Gasteiger partial charge in [0.05, 0.1) is 5.56 Å². The molecule has 1 N–H and O–H groups in total. The van der Waals surface area contributed by atoms with Crippen LogP contribution in [0.25, 0.3) is 0 Å². The lowest BCUT2D eigenvalue weighted by Crippen LogP contribution is -2.43. The van der Waals surface area contributed by atoms with Crippen molar-refractivity contribution >= 4 is 27.5 Å². The Morgan fingerprint density at radius 2 is 2.33 bits per heavy atom. The summed E-state index contributed by atoms with van der Waals surface area (Å²) in [6.45, 7) is 0.719. The summed E-state index contributed by atoms with van der Waals surface area (Å²) in [4.78, 5) is 13.1. The molecule has 0 spiro atoms. The highest BCUT2D eigenvalue weighted by Gasteiger charge is 2.22. The third-order valence-corrected chi connectivity index (χ3v) is 3.74. The van der Waals surface area contributed by atoms with E-state index in [1.807, 2.05) is 19.2 Å². The number of piperidine rings is 1. The summed E-state index contributed by atoms with van der Waals surface area (Å²) < 4.78 is 0.787. The van der Waals surface area contributed by atoms with Crippen LogP contribution >= 0.6 is 15.9 Å². The minimum absolute atomic E-state index is 0.203. The van der Waals surface area contributed by atoms with E-state index >= 15 is 0 Å². The monoisotopic (exact) mass is 307 g/mol. The number of benzene rings is 1. The first-order valence-corrected chi connectivity index (χ1v) is 6.59. The van der Waals surface area contributed by atoms with Crippen LogP contribution < -0.4 is 5.32 Å². The lowest BCUT2D eigenvalue weighted by molar-refractivity contribution is -0.132. The van der Waals surface area contributed by atoms with E-state index in [0.717, 1.165) is 23.1 Å². The molecule has 1 aromatic carbocycles. The average molecular weight is 308 g/mol. The molecular weight excluding hydrogens is 294 g/mol. The van der Waals surface area contributed by atoms with Crippen LogP contribution in [0.5, 0.6) is 0 Å². The fourth-order valence-electron chi connectivity index (χ4n) is 2.06. The Kier molecular flexibility index (Phi) is 3.87. The Labute approximate surface area is 115 Å². The van der Waals surface area contributed by atoms with E-state index in [-0.39, 0.29) is 11.9 Å². The molecule has 0 saturated carbocycles. The number of rotatable bonds is 2. The van der Waals surface area contributed by atoms with Gasteiger partial charge in [0.1, 0.15) is 6.07 Å². The van der Waals surface area contributed by atoms with Crippen molar-refractivity contribution in [3.63, 3.8) is 0 Å². The maximum atomic E-state index is 11.4. The molecule has 0 aliphatic carbocycles. The summed E-state index contributed by atoms with van der Waals surface area (Å²) in [5, 5.41) is 12.2. The number of likely N-dealkylation sites (N-methyl/N-ethyl adjacent to an activating group) is 1. The molecule has 1 heterocycles. The van der Waals surface area contributed by atoms with E-state index in [0.29, 0.717) is 12.0 Å². The lowest BCUT2D eigenvalue weighted by Gasteiger charge is -2.30. The van der Waals surface area contributed by atoms with E-state index < -0.39 is 0 Å². The van der Waals surface area contributed by atoms with Gasteiger partial charge in [-0.3, -0.25) is 4.79 Å². The number of nitriles is 1. The van der Waals surface area contributed by atoms with Gasteiger partial charge in [0.15, 0.2) is 0 Å². The second-order valence-electron chi connectivity index (χ2n) is 4.46. The maximum absolute atomic E-state index is 11.4. The van der Waals surface area contributed by atoms with Crippen molar-refractivity contribution in [1.29, 1.82) is 5.26 Å². The van der Waals surface area contributed by atoms with Crippen molar-refractivity contribution in [2.24, 2.45) is 0 Å². The zero-order valence-electron chi connectivity index (χ0n) is 10.1. The van der Waals surface area contributed by atoms with Gasteiger partial charge in [-0.2, -0.15) is 5.26 Å². The van der Waals surface area contributed by atoms with Gasteiger partial charge in [-0.1, -0.05) is 0 Å². The predicted molar refractivity (Wildman–Crippen MR) is 73.1 cm³/mol. The quantitative estimate of drug-likeness (QED) is 0.912. The number of halogens is 1. The molecule has 4 nitrogen and oxygen atoms in total. The van der Waals surface area contributed by atoms with Crippen LogP contribution in [0.1, 0.15) is 18.4 Å². The SMILES string of the molecule is CN1CC(Nc2ccc(C#N)c(Br)c2)CCC1=O. The van der Waals surface area contributed by atoms with E-state index in [2.05, 4.69) is 27.3 Å². The van der Waals surface area contributed by atoms with Crippen molar-refractivity contribution in [2.75, 3.05) is 18.9 Å². The highest BCUT2D eigenvalue weighted by Crippen LogP contribution is 2.23. The van der Waals surface area contributed by atoms with Gasteiger partial charge in [-0.05, 0) is 40.5 Å². The molecule has 0 aromatic heterocycles. The molecular formula is C13H14BrN3O. The first-order chi connectivity index (χ1) is 8.60. The summed E-state index contributed by atoms with van der Waals surface area (Å²) in [5.74, 6) is 0.203. The fourth-order valence-corrected chi connectivity index (χ4v) is 2.53. The Balaban J connectivity index is 2.04. The second-order valence-corrected chi connectivity index (χ2v) is 5.31. The zero-order valence-corrected chi connectivity index (χ0v) is 11.7. The van der Waals surface area contributed by atoms with Crippen LogP contribution in [0.4, 0.5) is 5.69 Å². The van der Waals surface area contributed by atoms with Crippen LogP contribution in [0.15, 0.2) is 22.7 Å². The molecule has 1 aliphatic heterocycles. The van der Waals surface area contributed by atoms with Crippen LogP contribution in [-0.2, 0) is 4.79 Å². The maximum Gasteiger partial charge on any atom is 0.222 e. The summed E-state index contributed by atoms with van der Waals surface area (Å²) in [6.07, 6.45) is 1.44. The Hall–Kier alpha value is -1.54. The lowest BCUT2D eigenvalue weighted by atomic mass is 10.1. The van der Waals surface area contributed by atoms with E-state index in [4.69, 9.17) is 5.26 Å². The Bertz CT molecular complexity index is 509. The summed E-state index contributed by atoms with van der Waals surface area (Å²) >= 11 is 3.37. The Morgan fingerprint density at radius 3 is 2.94 bits per heavy atom. The molecule has 0 radical (unpaired) electrons. The summed E-state index contributed by atoms with van der Waals surface area (Å²) in [7, 11) is 1.82. The molecule has 1 atom stereocenters. The van der Waals surface area contributed by atoms with Crippen LogP contribution in [0.2, 0.25) is 0 Å². The predicted octanol–water partition coefficient (Wildman–Crippen LogP) is 2.35. The van der Waals surface area contributed by atoms with Gasteiger partial charge in [0.25, 0.3) is 0 Å². The zero-order chi connectivity index (χ0) is 13.1. The number of anilines is 1. The first-order valence-electron chi connectivity index (χ1n) is 5.80. The minimum Gasteiger partial charge on any atom is -0.380 e. The highest BCUT2D eigenvalue weighted by molar-refractivity contribution is 9.10. The van der Waals surface area contributed by atoms with Crippen LogP contribution in [0, 0.1) is 11.3 Å². The molecule has 94 valence electrons.